The SMILES string of the molecule is O=C(COC(=O)C=Cc1cn(-c2ccccc2)nc1-c1ccc(Cl)cc1)Nc1ccc(SC(F)F)cc1. The molecule has 0 aliphatic carbocycles. The number of nitrogens with zero attached hydrogens (tertiary/aromatic N) is 2. The zero-order valence-electron chi connectivity index (χ0n) is 19.2. The van der Waals surface area contributed by atoms with E-state index in [1.165, 1.54) is 30.3 Å². The van der Waals surface area contributed by atoms with E-state index in [1.807, 2.05) is 42.5 Å². The number of aromatic nitrogens is 2. The van der Waals surface area contributed by atoms with Crippen molar-refractivity contribution in [3.8, 4) is 16.9 Å². The molecule has 1 amide bonds. The minimum atomic E-state index is -2.53. The molecule has 6 nitrogen and oxygen atoms in total. The Morgan fingerprint density at radius 1 is 1.03 bits per heavy atom. The third-order valence-corrected chi connectivity index (χ3v) is 5.96. The molecule has 0 radical (unpaired) electrons. The Hall–Kier alpha value is -3.95. The highest BCUT2D eigenvalue weighted by Gasteiger charge is 2.12. The molecule has 188 valence electrons. The number of ether oxygens (including phenoxy) is 1. The monoisotopic (exact) mass is 539 g/mol. The van der Waals surface area contributed by atoms with Crippen LogP contribution in [0, 0.1) is 0 Å². The lowest BCUT2D eigenvalue weighted by Crippen LogP contribution is -2.20. The molecule has 3 aromatic carbocycles. The van der Waals surface area contributed by atoms with Crippen LogP contribution < -0.4 is 5.32 Å². The molecule has 37 heavy (non-hydrogen) atoms. The molecule has 4 aromatic rings. The Labute approximate surface area is 220 Å². The van der Waals surface area contributed by atoms with Crippen LogP contribution >= 0.6 is 23.4 Å². The molecule has 0 saturated carbocycles. The highest BCUT2D eigenvalue weighted by Crippen LogP contribution is 2.27. The Balaban J connectivity index is 1.41. The molecule has 0 aliphatic heterocycles. The number of carbonyl (C=O) groups excluding carboxylic acids is 2. The molecule has 0 unspecified atom stereocenters. The van der Waals surface area contributed by atoms with Gasteiger partial charge in [-0.3, -0.25) is 4.79 Å². The van der Waals surface area contributed by atoms with Crippen molar-refractivity contribution >= 4 is 47.0 Å². The molecule has 1 aromatic heterocycles. The standard InChI is InChI=1S/C27H20ClF2N3O3S/c28-20-9-6-18(7-10-20)26-19(16-33(32-26)22-4-2-1-3-5-22)8-15-25(35)36-17-24(34)31-21-11-13-23(14-12-21)37-27(29)30/h1-16,27H,17H2,(H,31,34). The fraction of sp³-hybridized carbons (Fsp3) is 0.0741. The van der Waals surface area contributed by atoms with Gasteiger partial charge in [0.25, 0.3) is 11.7 Å². The first-order valence-corrected chi connectivity index (χ1v) is 12.2. The number of hydrogen-bond acceptors (Lipinski definition) is 5. The summed E-state index contributed by atoms with van der Waals surface area (Å²) in [7, 11) is 0. The van der Waals surface area contributed by atoms with Gasteiger partial charge in [0.1, 0.15) is 0 Å². The van der Waals surface area contributed by atoms with Crippen LogP contribution in [0.3, 0.4) is 0 Å². The van der Waals surface area contributed by atoms with Gasteiger partial charge in [-0.25, -0.2) is 9.48 Å². The maximum atomic E-state index is 12.4. The summed E-state index contributed by atoms with van der Waals surface area (Å²) < 4.78 is 31.6. The van der Waals surface area contributed by atoms with Crippen molar-refractivity contribution in [1.29, 1.82) is 0 Å². The van der Waals surface area contributed by atoms with Crippen molar-refractivity contribution in [2.75, 3.05) is 11.9 Å². The highest BCUT2D eigenvalue weighted by atomic mass is 35.5. The van der Waals surface area contributed by atoms with Gasteiger partial charge in [-0.15, -0.1) is 0 Å². The number of anilines is 1. The van der Waals surface area contributed by atoms with E-state index in [9.17, 15) is 18.4 Å². The zero-order chi connectivity index (χ0) is 26.2. The molecule has 10 heteroatoms. The van der Waals surface area contributed by atoms with Gasteiger partial charge in [-0.2, -0.15) is 13.9 Å². The van der Waals surface area contributed by atoms with E-state index in [4.69, 9.17) is 16.3 Å². The van der Waals surface area contributed by atoms with Crippen LogP contribution in [0.4, 0.5) is 14.5 Å². The van der Waals surface area contributed by atoms with Gasteiger partial charge in [0, 0.05) is 39.0 Å². The van der Waals surface area contributed by atoms with E-state index in [2.05, 4.69) is 10.4 Å². The van der Waals surface area contributed by atoms with Crippen LogP contribution in [0.25, 0.3) is 23.0 Å². The Kier molecular flexibility index (Phi) is 8.71. The number of nitrogens with one attached hydrogen (secondary N) is 1. The largest absolute Gasteiger partial charge is 0.452 e. The first-order chi connectivity index (χ1) is 17.9. The lowest BCUT2D eigenvalue weighted by Gasteiger charge is -2.06. The number of rotatable bonds is 9. The average molecular weight is 540 g/mol. The van der Waals surface area contributed by atoms with Gasteiger partial charge < -0.3 is 10.1 Å². The lowest BCUT2D eigenvalue weighted by atomic mass is 10.1. The van der Waals surface area contributed by atoms with E-state index in [0.717, 1.165) is 11.3 Å². The van der Waals surface area contributed by atoms with Crippen LogP contribution in [0.15, 0.2) is 96.0 Å². The van der Waals surface area contributed by atoms with Crippen LogP contribution in [-0.4, -0.2) is 34.0 Å². The quantitative estimate of drug-likeness (QED) is 0.145. The molecule has 0 fully saturated rings. The zero-order valence-corrected chi connectivity index (χ0v) is 20.8. The van der Waals surface area contributed by atoms with E-state index < -0.39 is 24.2 Å². The summed E-state index contributed by atoms with van der Waals surface area (Å²) in [4.78, 5) is 24.8. The summed E-state index contributed by atoms with van der Waals surface area (Å²) in [6, 6.07) is 22.6. The number of benzene rings is 3. The van der Waals surface area contributed by atoms with E-state index >= 15 is 0 Å². The van der Waals surface area contributed by atoms with Gasteiger partial charge in [0.15, 0.2) is 6.61 Å². The number of thioether (sulfide) groups is 1. The van der Waals surface area contributed by atoms with Crippen LogP contribution in [-0.2, 0) is 14.3 Å². The average Bonchev–Trinajstić information content (AvgIpc) is 3.32. The number of para-hydroxylation sites is 1. The number of hydrogen-bond donors (Lipinski definition) is 1. The molecular weight excluding hydrogens is 520 g/mol. The maximum Gasteiger partial charge on any atom is 0.331 e. The normalized spacial score (nSPS) is 11.1. The molecule has 0 bridgehead atoms. The van der Waals surface area contributed by atoms with Crippen molar-refractivity contribution in [3.05, 3.63) is 102 Å². The summed E-state index contributed by atoms with van der Waals surface area (Å²) in [6.07, 6.45) is 4.57. The van der Waals surface area contributed by atoms with Gasteiger partial charge in [0.05, 0.1) is 11.4 Å². The van der Waals surface area contributed by atoms with E-state index in [1.54, 1.807) is 29.1 Å². The second-order valence-electron chi connectivity index (χ2n) is 7.61. The van der Waals surface area contributed by atoms with Crippen molar-refractivity contribution in [2.45, 2.75) is 10.7 Å². The van der Waals surface area contributed by atoms with Crippen molar-refractivity contribution in [3.63, 3.8) is 0 Å². The number of esters is 1. The van der Waals surface area contributed by atoms with E-state index in [-0.39, 0.29) is 0 Å². The van der Waals surface area contributed by atoms with Crippen molar-refractivity contribution in [1.82, 2.24) is 9.78 Å². The molecular formula is C27H20ClF2N3O3S. The predicted octanol–water partition coefficient (Wildman–Crippen LogP) is 6.70. The maximum absolute atomic E-state index is 12.4. The number of alkyl halides is 2. The predicted molar refractivity (Wildman–Crippen MR) is 141 cm³/mol. The van der Waals surface area contributed by atoms with Crippen molar-refractivity contribution in [2.24, 2.45) is 0 Å². The second-order valence-corrected chi connectivity index (χ2v) is 9.11. The van der Waals surface area contributed by atoms with Gasteiger partial charge in [-0.05, 0) is 54.6 Å². The van der Waals surface area contributed by atoms with Crippen LogP contribution in [0.2, 0.25) is 5.02 Å². The summed E-state index contributed by atoms with van der Waals surface area (Å²) in [5, 5.41) is 7.80. The molecule has 1 N–H and O–H groups in total. The van der Waals surface area contributed by atoms with Crippen molar-refractivity contribution < 1.29 is 23.1 Å². The highest BCUT2D eigenvalue weighted by molar-refractivity contribution is 7.99. The molecule has 1 heterocycles. The molecule has 4 rings (SSSR count). The molecule has 0 saturated heterocycles. The van der Waals surface area contributed by atoms with Gasteiger partial charge in [0.2, 0.25) is 0 Å². The Morgan fingerprint density at radius 3 is 2.41 bits per heavy atom. The molecule has 0 aliphatic rings. The second kappa shape index (κ2) is 12.3. The third kappa shape index (κ3) is 7.52. The Bertz CT molecular complexity index is 1390. The molecule has 0 atom stereocenters. The number of amides is 1. The molecule has 0 spiro atoms. The summed E-state index contributed by atoms with van der Waals surface area (Å²) in [6.45, 7) is -0.510. The first kappa shape index (κ1) is 26.1. The smallest absolute Gasteiger partial charge is 0.331 e. The minimum absolute atomic E-state index is 0.373. The number of carbonyl (C=O) groups is 2. The summed E-state index contributed by atoms with van der Waals surface area (Å²) in [5.74, 6) is -3.80. The van der Waals surface area contributed by atoms with Crippen LogP contribution in [0.5, 0.6) is 0 Å². The lowest BCUT2D eigenvalue weighted by molar-refractivity contribution is -0.142. The van der Waals surface area contributed by atoms with E-state index in [0.29, 0.717) is 38.6 Å². The number of halogens is 3. The van der Waals surface area contributed by atoms with Crippen LogP contribution in [0.1, 0.15) is 5.56 Å². The van der Waals surface area contributed by atoms with Gasteiger partial charge >= 0.3 is 5.97 Å². The third-order valence-electron chi connectivity index (χ3n) is 4.99. The summed E-state index contributed by atoms with van der Waals surface area (Å²) >= 11 is 6.43. The Morgan fingerprint density at radius 2 is 1.73 bits per heavy atom. The first-order valence-electron chi connectivity index (χ1n) is 11.0. The fourth-order valence-electron chi connectivity index (χ4n) is 3.31. The summed E-state index contributed by atoms with van der Waals surface area (Å²) in [5.41, 5.74) is 3.35. The minimum Gasteiger partial charge on any atom is -0.452 e. The van der Waals surface area contributed by atoms with Gasteiger partial charge in [-0.1, -0.05) is 53.7 Å². The topological polar surface area (TPSA) is 73.2 Å². The fourth-order valence-corrected chi connectivity index (χ4v) is 3.94.